The first kappa shape index (κ1) is 32.5. The molecule has 12 heteroatoms. The quantitative estimate of drug-likeness (QED) is 0.182. The third-order valence-electron chi connectivity index (χ3n) is 10.7. The molecule has 4 aromatic rings. The number of carbonyl (C=O) groups is 4. The highest BCUT2D eigenvalue weighted by atomic mass is 32.2. The van der Waals surface area contributed by atoms with Crippen molar-refractivity contribution in [2.24, 2.45) is 29.6 Å². The Kier molecular flexibility index (Phi) is 8.18. The second-order valence-electron chi connectivity index (χ2n) is 13.3. The van der Waals surface area contributed by atoms with Crippen LogP contribution in [-0.4, -0.2) is 47.2 Å². The molecule has 2 aliphatic heterocycles. The molecule has 2 saturated carbocycles. The number of carbonyl (C=O) groups excluding carboxylic acids is 4. The van der Waals surface area contributed by atoms with Gasteiger partial charge in [-0.05, 0) is 92.1 Å². The second kappa shape index (κ2) is 12.6. The van der Waals surface area contributed by atoms with E-state index in [0.717, 1.165) is 38.8 Å². The molecule has 1 aromatic heterocycles. The van der Waals surface area contributed by atoms with Crippen LogP contribution in [0, 0.1) is 36.5 Å². The van der Waals surface area contributed by atoms with Crippen LogP contribution in [0.25, 0.3) is 0 Å². The van der Waals surface area contributed by atoms with Crippen molar-refractivity contribution >= 4 is 58.2 Å². The number of hydrogen-bond acceptors (Lipinski definition) is 9. The summed E-state index contributed by atoms with van der Waals surface area (Å²) in [5.74, 6) is -1.43. The van der Waals surface area contributed by atoms with Crippen LogP contribution in [0.2, 0.25) is 0 Å². The monoisotopic (exact) mass is 709 g/mol. The number of thioether (sulfide) groups is 1. The Morgan fingerprint density at radius 3 is 2.24 bits per heavy atom. The lowest BCUT2D eigenvalue weighted by atomic mass is 9.68. The standard InChI is InChI=1S/C38H35N3O7S2/c1-4-48-37(45)21-7-11-22(12-8-21)39-27(42)18-40-36-33(50-38(40)46)28(20-9-15-24(47-3)16-10-20)29-25-17-26(32(29)49-36)31-30(25)34(43)41(35(31)44)23-13-5-19(2)6-14-23/h5-16,25-26,28-32H,4,17-18H2,1-3H3,(H,39,42). The lowest BCUT2D eigenvalue weighted by Gasteiger charge is -2.43. The Morgan fingerprint density at radius 1 is 0.900 bits per heavy atom. The van der Waals surface area contributed by atoms with E-state index in [2.05, 4.69) is 5.32 Å². The molecule has 3 fully saturated rings. The van der Waals surface area contributed by atoms with Gasteiger partial charge in [-0.2, -0.15) is 0 Å². The number of nitrogens with zero attached hydrogens (tertiary/aromatic N) is 2. The summed E-state index contributed by atoms with van der Waals surface area (Å²) in [6.07, 6.45) is 0.769. The van der Waals surface area contributed by atoms with Gasteiger partial charge in [-0.25, -0.2) is 4.79 Å². The summed E-state index contributed by atoms with van der Waals surface area (Å²) in [7, 11) is 1.62. The summed E-state index contributed by atoms with van der Waals surface area (Å²) < 4.78 is 12.0. The fraction of sp³-hybridized carbons (Fsp3) is 0.342. The minimum absolute atomic E-state index is 0.0192. The molecule has 7 atom stereocenters. The van der Waals surface area contributed by atoms with Gasteiger partial charge in [-0.1, -0.05) is 41.2 Å². The van der Waals surface area contributed by atoms with E-state index in [1.807, 2.05) is 55.5 Å². The zero-order chi connectivity index (χ0) is 34.8. The Hall–Kier alpha value is -4.68. The minimum atomic E-state index is -0.443. The number of imide groups is 1. The number of thiazole rings is 1. The van der Waals surface area contributed by atoms with Crippen molar-refractivity contribution in [3.8, 4) is 5.75 Å². The summed E-state index contributed by atoms with van der Waals surface area (Å²) in [5, 5.41) is 3.57. The van der Waals surface area contributed by atoms with Crippen LogP contribution in [0.4, 0.5) is 11.4 Å². The summed E-state index contributed by atoms with van der Waals surface area (Å²) in [5.41, 5.74) is 3.54. The maximum atomic E-state index is 14.1. The number of aromatic nitrogens is 1. The van der Waals surface area contributed by atoms with Gasteiger partial charge in [0.05, 0.1) is 41.8 Å². The van der Waals surface area contributed by atoms with Gasteiger partial charge in [0.2, 0.25) is 17.7 Å². The molecule has 4 aliphatic rings. The van der Waals surface area contributed by atoms with E-state index in [0.29, 0.717) is 22.7 Å². The summed E-state index contributed by atoms with van der Waals surface area (Å²) in [4.78, 5) is 69.3. The zero-order valence-electron chi connectivity index (χ0n) is 27.7. The summed E-state index contributed by atoms with van der Waals surface area (Å²) in [6, 6.07) is 21.8. The molecule has 7 unspecified atom stereocenters. The topological polar surface area (TPSA) is 124 Å². The fourth-order valence-corrected chi connectivity index (χ4v) is 11.8. The number of benzene rings is 3. The van der Waals surface area contributed by atoms with Gasteiger partial charge in [-0.3, -0.25) is 28.6 Å². The van der Waals surface area contributed by atoms with Crippen LogP contribution >= 0.6 is 23.1 Å². The molecule has 256 valence electrons. The molecule has 0 spiro atoms. The number of methoxy groups -OCH3 is 1. The third-order valence-corrected chi connectivity index (χ3v) is 13.5. The Bertz CT molecular complexity index is 2070. The summed E-state index contributed by atoms with van der Waals surface area (Å²) >= 11 is 2.74. The van der Waals surface area contributed by atoms with Gasteiger partial charge in [-0.15, -0.1) is 11.8 Å². The number of amides is 3. The predicted molar refractivity (Wildman–Crippen MR) is 190 cm³/mol. The Morgan fingerprint density at radius 2 is 1.58 bits per heavy atom. The van der Waals surface area contributed by atoms with E-state index >= 15 is 0 Å². The van der Waals surface area contributed by atoms with Crippen LogP contribution < -0.4 is 19.8 Å². The van der Waals surface area contributed by atoms with Gasteiger partial charge in [0.15, 0.2) is 0 Å². The molecule has 1 saturated heterocycles. The largest absolute Gasteiger partial charge is 0.497 e. The molecule has 3 aromatic carbocycles. The van der Waals surface area contributed by atoms with Crippen molar-refractivity contribution in [3.05, 3.63) is 104 Å². The van der Waals surface area contributed by atoms with Crippen molar-refractivity contribution in [3.63, 3.8) is 0 Å². The van der Waals surface area contributed by atoms with Crippen molar-refractivity contribution in [1.82, 2.24) is 4.57 Å². The fourth-order valence-electron chi connectivity index (χ4n) is 8.64. The lowest BCUT2D eigenvalue weighted by Crippen LogP contribution is -2.43. The van der Waals surface area contributed by atoms with Gasteiger partial charge < -0.3 is 14.8 Å². The van der Waals surface area contributed by atoms with Crippen LogP contribution in [-0.2, 0) is 25.7 Å². The van der Waals surface area contributed by atoms with Crippen LogP contribution in [0.3, 0.4) is 0 Å². The predicted octanol–water partition coefficient (Wildman–Crippen LogP) is 5.72. The van der Waals surface area contributed by atoms with Gasteiger partial charge in [0.25, 0.3) is 0 Å². The number of ether oxygens (including phenoxy) is 2. The number of anilines is 2. The maximum Gasteiger partial charge on any atom is 0.338 e. The molecule has 3 heterocycles. The molecule has 50 heavy (non-hydrogen) atoms. The molecule has 2 bridgehead atoms. The summed E-state index contributed by atoms with van der Waals surface area (Å²) in [6.45, 7) is 3.78. The number of aryl methyl sites for hydroxylation is 1. The molecule has 3 amide bonds. The molecule has 0 radical (unpaired) electrons. The second-order valence-corrected chi connectivity index (χ2v) is 15.5. The maximum absolute atomic E-state index is 14.1. The van der Waals surface area contributed by atoms with Crippen LogP contribution in [0.1, 0.15) is 45.6 Å². The van der Waals surface area contributed by atoms with Crippen LogP contribution in [0.15, 0.2) is 82.6 Å². The van der Waals surface area contributed by atoms with E-state index in [-0.39, 0.29) is 64.7 Å². The van der Waals surface area contributed by atoms with E-state index < -0.39 is 17.8 Å². The zero-order valence-corrected chi connectivity index (χ0v) is 29.3. The van der Waals surface area contributed by atoms with Gasteiger partial charge in [0, 0.05) is 21.7 Å². The molecular weight excluding hydrogens is 675 g/mol. The SMILES string of the molecule is CCOC(=O)c1ccc(NC(=O)Cn2c3c(sc2=O)C(c2ccc(OC)cc2)C2C4CC(C2S3)C2C(=O)N(c3ccc(C)cc3)C(=O)C42)cc1. The van der Waals surface area contributed by atoms with Crippen molar-refractivity contribution < 1.29 is 28.7 Å². The van der Waals surface area contributed by atoms with E-state index in [9.17, 15) is 24.0 Å². The van der Waals surface area contributed by atoms with E-state index in [1.54, 1.807) is 54.6 Å². The smallest absolute Gasteiger partial charge is 0.338 e. The normalized spacial score (nSPS) is 26.0. The van der Waals surface area contributed by atoms with Crippen molar-refractivity contribution in [1.29, 1.82) is 0 Å². The molecule has 2 aliphatic carbocycles. The first-order valence-electron chi connectivity index (χ1n) is 16.7. The number of hydrogen-bond donors (Lipinski definition) is 1. The molecule has 1 N–H and O–H groups in total. The first-order chi connectivity index (χ1) is 24.2. The highest BCUT2D eigenvalue weighted by Crippen LogP contribution is 2.69. The lowest BCUT2D eigenvalue weighted by molar-refractivity contribution is -0.123. The van der Waals surface area contributed by atoms with Gasteiger partial charge >= 0.3 is 10.8 Å². The highest BCUT2D eigenvalue weighted by molar-refractivity contribution is 8.00. The van der Waals surface area contributed by atoms with Crippen molar-refractivity contribution in [2.45, 2.75) is 43.0 Å². The Labute approximate surface area is 296 Å². The molecule has 10 nitrogen and oxygen atoms in total. The third kappa shape index (κ3) is 5.19. The van der Waals surface area contributed by atoms with E-state index in [4.69, 9.17) is 9.47 Å². The molecule has 8 rings (SSSR count). The average molecular weight is 710 g/mol. The first-order valence-corrected chi connectivity index (χ1v) is 18.4. The highest BCUT2D eigenvalue weighted by Gasteiger charge is 2.69. The average Bonchev–Trinajstić information content (AvgIpc) is 3.84. The van der Waals surface area contributed by atoms with Gasteiger partial charge in [0.1, 0.15) is 12.3 Å². The number of rotatable bonds is 8. The molecular formula is C38H35N3O7S2. The van der Waals surface area contributed by atoms with Crippen molar-refractivity contribution in [2.75, 3.05) is 23.9 Å². The number of esters is 1. The Balaban J connectivity index is 1.12. The van der Waals surface area contributed by atoms with E-state index in [1.165, 1.54) is 4.90 Å². The minimum Gasteiger partial charge on any atom is -0.497 e. The number of nitrogens with one attached hydrogen (secondary N) is 1. The van der Waals surface area contributed by atoms with Crippen LogP contribution in [0.5, 0.6) is 5.75 Å². The number of fused-ring (bicyclic) bond motifs is 9.